The number of alkyl halides is 1. The lowest BCUT2D eigenvalue weighted by Gasteiger charge is -2.19. The summed E-state index contributed by atoms with van der Waals surface area (Å²) in [6, 6.07) is 6.44. The van der Waals surface area contributed by atoms with Crippen LogP contribution in [0.4, 0.5) is 35.9 Å². The Kier molecular flexibility index (Phi) is 22.1. The summed E-state index contributed by atoms with van der Waals surface area (Å²) in [6.45, 7) is 18.6. The highest BCUT2D eigenvalue weighted by atomic mass is 127. The first-order valence-electron chi connectivity index (χ1n) is 21.1. The molecule has 0 saturated heterocycles. The van der Waals surface area contributed by atoms with Crippen LogP contribution in [-0.2, 0) is 9.47 Å². The lowest BCUT2D eigenvalue weighted by atomic mass is 10.1. The number of phenols is 1. The summed E-state index contributed by atoms with van der Waals surface area (Å²) in [5.41, 5.74) is 6.21. The molecule has 3 fully saturated rings. The van der Waals surface area contributed by atoms with Gasteiger partial charge in [0.05, 0.1) is 13.2 Å². The molecule has 3 aromatic carbocycles. The van der Waals surface area contributed by atoms with Crippen molar-refractivity contribution in [3.63, 3.8) is 0 Å². The van der Waals surface area contributed by atoms with Gasteiger partial charge in [0.1, 0.15) is 28.5 Å². The van der Waals surface area contributed by atoms with Gasteiger partial charge in [-0.15, -0.1) is 12.4 Å². The number of nitrogens with one attached hydrogen (secondary N) is 2. The van der Waals surface area contributed by atoms with Crippen LogP contribution >= 0.6 is 35.0 Å². The van der Waals surface area contributed by atoms with Gasteiger partial charge < -0.3 is 40.4 Å². The van der Waals surface area contributed by atoms with E-state index in [1.165, 1.54) is 16.6 Å². The highest BCUT2D eigenvalue weighted by Gasteiger charge is 2.42. The highest BCUT2D eigenvalue weighted by molar-refractivity contribution is 14.1. The van der Waals surface area contributed by atoms with Gasteiger partial charge in [-0.2, -0.15) is 0 Å². The highest BCUT2D eigenvalue weighted by Crippen LogP contribution is 2.52. The summed E-state index contributed by atoms with van der Waals surface area (Å²) in [5, 5.41) is 15.0. The van der Waals surface area contributed by atoms with Crippen LogP contribution in [0.2, 0.25) is 0 Å². The first kappa shape index (κ1) is 56.3. The number of ether oxygens (including phenoxy) is 4. The molecule has 0 heterocycles. The number of halogens is 8. The lowest BCUT2D eigenvalue weighted by Crippen LogP contribution is -2.33. The van der Waals surface area contributed by atoms with Gasteiger partial charge in [-0.05, 0) is 139 Å². The largest absolute Gasteiger partial charge is 0.508 e. The molecule has 10 nitrogen and oxygen atoms in total. The minimum absolute atomic E-state index is 0. The van der Waals surface area contributed by atoms with Crippen LogP contribution in [0.15, 0.2) is 36.4 Å². The van der Waals surface area contributed by atoms with Crippen LogP contribution in [0.5, 0.6) is 17.2 Å². The molecule has 0 spiro atoms. The van der Waals surface area contributed by atoms with Crippen molar-refractivity contribution in [2.75, 3.05) is 37.3 Å². The number of carbonyl (C=O) groups excluding carboxylic acids is 2. The SMILES string of the molecule is CC(C)(C)OC(=O)NCC1CC1c1cc(F)c(F)cc1O.CCI.CCOc1cc(F)c(F)cc1C1CC1CN.CCOc1cc(F)c(F)cc1C1CC1CNC(=O)OC(C)(C)C.Cl. The molecule has 6 atom stereocenters. The van der Waals surface area contributed by atoms with Gasteiger partial charge in [0.25, 0.3) is 0 Å². The van der Waals surface area contributed by atoms with Crippen LogP contribution in [0.3, 0.4) is 0 Å². The number of aromatic hydroxyl groups is 1. The Hall–Kier alpha value is -3.84. The maximum Gasteiger partial charge on any atom is 0.407 e. The Morgan fingerprint density at radius 3 is 1.28 bits per heavy atom. The third-order valence-corrected chi connectivity index (χ3v) is 9.86. The van der Waals surface area contributed by atoms with E-state index in [-0.39, 0.29) is 47.7 Å². The molecule has 0 aromatic heterocycles. The maximum absolute atomic E-state index is 13.5. The third-order valence-electron chi connectivity index (χ3n) is 9.86. The molecule has 3 aromatic rings. The van der Waals surface area contributed by atoms with Crippen molar-refractivity contribution < 1.29 is 60.0 Å². The van der Waals surface area contributed by atoms with Gasteiger partial charge in [0, 0.05) is 48.0 Å². The van der Waals surface area contributed by atoms with Gasteiger partial charge in [0.2, 0.25) is 0 Å². The molecule has 3 saturated carbocycles. The Bertz CT molecular complexity index is 2000. The second kappa shape index (κ2) is 25.2. The van der Waals surface area contributed by atoms with Crippen molar-refractivity contribution >= 4 is 47.2 Å². The fourth-order valence-corrected chi connectivity index (χ4v) is 6.73. The Morgan fingerprint density at radius 2 is 0.938 bits per heavy atom. The fraction of sp³-hybridized carbons (Fsp3) is 0.565. The number of hydrogen-bond acceptors (Lipinski definition) is 8. The van der Waals surface area contributed by atoms with E-state index < -0.39 is 58.3 Å². The number of nitrogens with two attached hydrogens (primary N) is 1. The van der Waals surface area contributed by atoms with Gasteiger partial charge in [-0.25, -0.2) is 35.9 Å². The Balaban J connectivity index is 0.000000322. The summed E-state index contributed by atoms with van der Waals surface area (Å²) in [5.74, 6) is -4.11. The lowest BCUT2D eigenvalue weighted by molar-refractivity contribution is 0.0513. The predicted octanol–water partition coefficient (Wildman–Crippen LogP) is 11.6. The molecule has 3 aliphatic rings. The summed E-state index contributed by atoms with van der Waals surface area (Å²) < 4.78 is 101. The molecule has 360 valence electrons. The summed E-state index contributed by atoms with van der Waals surface area (Å²) in [4.78, 5) is 23.1. The van der Waals surface area contributed by atoms with E-state index in [4.69, 9.17) is 24.7 Å². The Morgan fingerprint density at radius 1 is 0.625 bits per heavy atom. The first-order chi connectivity index (χ1) is 29.5. The number of amides is 2. The number of carbonyl (C=O) groups is 2. The molecule has 64 heavy (non-hydrogen) atoms. The molecule has 2 amide bonds. The zero-order valence-corrected chi connectivity index (χ0v) is 40.8. The van der Waals surface area contributed by atoms with Crippen molar-refractivity contribution in [3.8, 4) is 17.2 Å². The van der Waals surface area contributed by atoms with E-state index in [2.05, 4.69) is 40.1 Å². The average molecular weight is 1050 g/mol. The van der Waals surface area contributed by atoms with E-state index >= 15 is 0 Å². The minimum atomic E-state index is -1.07. The van der Waals surface area contributed by atoms with Crippen LogP contribution in [0, 0.1) is 52.7 Å². The fourth-order valence-electron chi connectivity index (χ4n) is 6.73. The van der Waals surface area contributed by atoms with Gasteiger partial charge >= 0.3 is 12.2 Å². The van der Waals surface area contributed by atoms with E-state index in [0.717, 1.165) is 42.7 Å². The zero-order valence-electron chi connectivity index (χ0n) is 37.8. The molecule has 6 rings (SSSR count). The molecule has 6 unspecified atom stereocenters. The van der Waals surface area contributed by atoms with Crippen LogP contribution in [0.25, 0.3) is 0 Å². The smallest absolute Gasteiger partial charge is 0.407 e. The van der Waals surface area contributed by atoms with Crippen LogP contribution in [-0.4, -0.2) is 65.8 Å². The molecule has 0 bridgehead atoms. The number of alkyl carbamates (subject to hydrolysis) is 2. The third kappa shape index (κ3) is 18.2. The molecule has 0 radical (unpaired) electrons. The number of phenolic OH excluding ortho intramolecular Hbond substituents is 1. The number of hydrogen-bond donors (Lipinski definition) is 4. The zero-order chi connectivity index (χ0) is 47.4. The topological polar surface area (TPSA) is 141 Å². The second-order valence-corrected chi connectivity index (χ2v) is 18.9. The van der Waals surface area contributed by atoms with E-state index in [1.54, 1.807) is 48.5 Å². The monoisotopic (exact) mass is 1050 g/mol. The van der Waals surface area contributed by atoms with Crippen LogP contribution < -0.4 is 25.8 Å². The number of rotatable bonds is 12. The van der Waals surface area contributed by atoms with Crippen molar-refractivity contribution in [2.45, 2.75) is 111 Å². The maximum atomic E-state index is 13.5. The standard InChI is InChI=1S/C17H23F2NO3.C15H19F2NO3.C12H15F2NO.C2H5I.ClH/c1-5-22-15-8-14(19)13(18)7-12(15)11-6-10(11)9-20-16(21)23-17(2,3)4;1-15(2,3)21-14(20)18-7-8-4-9(8)10-5-11(16)12(17)6-13(10)19;1-2-16-12-5-11(14)10(13)4-9(12)8-3-7(8)6-15;1-2-3;/h7-8,10-11H,5-6,9H2,1-4H3,(H,20,21);5-6,8-9,19H,4,7H2,1-3H3,(H,18,20);4-5,7-8H,2-3,6,15H2,1H3;2H2,1H3;1H. The quantitative estimate of drug-likeness (QED) is 0.0798. The van der Waals surface area contributed by atoms with Crippen LogP contribution in [0.1, 0.15) is 116 Å². The molecule has 5 N–H and O–H groups in total. The van der Waals surface area contributed by atoms with E-state index in [0.29, 0.717) is 67.8 Å². The van der Waals surface area contributed by atoms with Gasteiger partial charge in [-0.1, -0.05) is 29.5 Å². The number of benzene rings is 3. The second-order valence-electron chi connectivity index (χ2n) is 17.4. The molecule has 3 aliphatic carbocycles. The van der Waals surface area contributed by atoms with Crippen molar-refractivity contribution in [1.82, 2.24) is 10.6 Å². The normalized spacial score (nSPS) is 20.2. The summed E-state index contributed by atoms with van der Waals surface area (Å²) in [7, 11) is 0. The van der Waals surface area contributed by atoms with Gasteiger partial charge in [0.15, 0.2) is 34.9 Å². The van der Waals surface area contributed by atoms with E-state index in [9.17, 15) is 41.0 Å². The van der Waals surface area contributed by atoms with Crippen molar-refractivity contribution in [1.29, 1.82) is 0 Å². The average Bonchev–Trinajstić information content (AvgIpc) is 4.08. The molecule has 0 aliphatic heterocycles. The first-order valence-corrected chi connectivity index (χ1v) is 22.6. The Labute approximate surface area is 392 Å². The minimum Gasteiger partial charge on any atom is -0.508 e. The van der Waals surface area contributed by atoms with E-state index in [1.807, 2.05) is 6.92 Å². The molecule has 18 heteroatoms. The van der Waals surface area contributed by atoms with Crippen molar-refractivity contribution in [2.24, 2.45) is 23.5 Å². The van der Waals surface area contributed by atoms with Gasteiger partial charge in [-0.3, -0.25) is 0 Å². The molecular weight excluding hydrogens is 983 g/mol. The molecular formula is C46H63ClF6IN3O7. The van der Waals surface area contributed by atoms with Crippen molar-refractivity contribution in [3.05, 3.63) is 88.0 Å². The summed E-state index contributed by atoms with van der Waals surface area (Å²) in [6.07, 6.45) is 1.44. The summed E-state index contributed by atoms with van der Waals surface area (Å²) >= 11 is 2.29. The predicted molar refractivity (Wildman–Crippen MR) is 245 cm³/mol.